The van der Waals surface area contributed by atoms with Crippen LogP contribution in [0.5, 0.6) is 0 Å². The van der Waals surface area contributed by atoms with E-state index >= 15 is 0 Å². The highest BCUT2D eigenvalue weighted by Gasteiger charge is 2.63. The second kappa shape index (κ2) is 2.11. The molecule has 0 bridgehead atoms. The van der Waals surface area contributed by atoms with E-state index in [1.165, 1.54) is 25.7 Å². The molecule has 1 saturated carbocycles. The summed E-state index contributed by atoms with van der Waals surface area (Å²) in [6.45, 7) is 7.33. The zero-order valence-electron chi connectivity index (χ0n) is 7.81. The Morgan fingerprint density at radius 1 is 1.27 bits per heavy atom. The van der Waals surface area contributed by atoms with Gasteiger partial charge < -0.3 is 4.74 Å². The van der Waals surface area contributed by atoms with Crippen LogP contribution in [0.25, 0.3) is 0 Å². The van der Waals surface area contributed by atoms with E-state index < -0.39 is 8.07 Å². The maximum atomic E-state index is 5.89. The van der Waals surface area contributed by atoms with E-state index in [-0.39, 0.29) is 0 Å². The second-order valence-electron chi connectivity index (χ2n) is 4.99. The zero-order chi connectivity index (χ0) is 8.11. The molecule has 0 spiro atoms. The molecule has 1 aliphatic heterocycles. The second-order valence-corrected chi connectivity index (χ2v) is 10.3. The van der Waals surface area contributed by atoms with Crippen molar-refractivity contribution in [2.75, 3.05) is 0 Å². The number of hydrogen-bond acceptors (Lipinski definition) is 1. The van der Waals surface area contributed by atoms with Crippen molar-refractivity contribution in [1.82, 2.24) is 0 Å². The maximum absolute atomic E-state index is 5.89. The van der Waals surface area contributed by atoms with Crippen molar-refractivity contribution >= 4 is 8.07 Å². The number of fused-ring (bicyclic) bond motifs is 1. The highest BCUT2D eigenvalue weighted by Crippen LogP contribution is 2.53. The summed E-state index contributed by atoms with van der Waals surface area (Å²) in [6, 6.07) is 0. The van der Waals surface area contributed by atoms with Crippen molar-refractivity contribution in [3.05, 3.63) is 0 Å². The van der Waals surface area contributed by atoms with Gasteiger partial charge in [-0.1, -0.05) is 32.5 Å². The molecule has 0 N–H and O–H groups in total. The molecule has 64 valence electrons. The number of epoxide rings is 1. The molecule has 0 aromatic rings. The minimum absolute atomic E-state index is 0.422. The smallest absolute Gasteiger partial charge is 0.0858 e. The molecule has 2 rings (SSSR count). The van der Waals surface area contributed by atoms with Crippen molar-refractivity contribution in [3.8, 4) is 0 Å². The average molecular weight is 170 g/mol. The normalized spacial score (nSPS) is 43.4. The topological polar surface area (TPSA) is 12.5 Å². The molecular weight excluding hydrogens is 152 g/mol. The summed E-state index contributed by atoms with van der Waals surface area (Å²) in [7, 11) is -1.03. The summed E-state index contributed by atoms with van der Waals surface area (Å²) in [5, 5.41) is 0.422. The largest absolute Gasteiger partial charge is 0.370 e. The Hall–Kier alpha value is 0.177. The highest BCUT2D eigenvalue weighted by molar-refractivity contribution is 6.79. The fraction of sp³-hybridized carbons (Fsp3) is 1.00. The molecule has 2 fully saturated rings. The third kappa shape index (κ3) is 0.993. The number of ether oxygens (including phenoxy) is 1. The van der Waals surface area contributed by atoms with Gasteiger partial charge in [-0.25, -0.2) is 0 Å². The number of hydrogen-bond donors (Lipinski definition) is 0. The molecule has 1 aliphatic carbocycles. The van der Waals surface area contributed by atoms with Crippen LogP contribution in [-0.4, -0.2) is 19.4 Å². The van der Waals surface area contributed by atoms with Crippen LogP contribution in [0.1, 0.15) is 25.7 Å². The maximum Gasteiger partial charge on any atom is 0.0858 e. The van der Waals surface area contributed by atoms with Gasteiger partial charge in [0.1, 0.15) is 0 Å². The lowest BCUT2D eigenvalue weighted by atomic mass is 10.0. The van der Waals surface area contributed by atoms with Gasteiger partial charge in [0.2, 0.25) is 0 Å². The zero-order valence-corrected chi connectivity index (χ0v) is 8.81. The third-order valence-electron chi connectivity index (χ3n) is 3.35. The summed E-state index contributed by atoms with van der Waals surface area (Å²) in [5.41, 5.74) is 0. The molecule has 1 heterocycles. The van der Waals surface area contributed by atoms with Crippen LogP contribution >= 0.6 is 0 Å². The first-order valence-corrected chi connectivity index (χ1v) is 8.24. The van der Waals surface area contributed by atoms with Crippen molar-refractivity contribution in [2.45, 2.75) is 56.7 Å². The molecule has 1 saturated heterocycles. The minimum atomic E-state index is -1.03. The van der Waals surface area contributed by atoms with Gasteiger partial charge in [-0.2, -0.15) is 0 Å². The molecule has 1 nitrogen and oxygen atoms in total. The minimum Gasteiger partial charge on any atom is -0.370 e. The van der Waals surface area contributed by atoms with E-state index in [4.69, 9.17) is 4.74 Å². The van der Waals surface area contributed by atoms with Gasteiger partial charge in [0.05, 0.1) is 19.4 Å². The predicted octanol–water partition coefficient (Wildman–Crippen LogP) is 2.58. The lowest BCUT2D eigenvalue weighted by Gasteiger charge is -2.28. The van der Waals surface area contributed by atoms with Gasteiger partial charge in [0, 0.05) is 0 Å². The Morgan fingerprint density at radius 3 is 2.45 bits per heavy atom. The van der Waals surface area contributed by atoms with E-state index in [1.54, 1.807) is 0 Å². The summed E-state index contributed by atoms with van der Waals surface area (Å²) in [5.74, 6) is 0. The Kier molecular flexibility index (Phi) is 1.49. The van der Waals surface area contributed by atoms with E-state index in [1.807, 2.05) is 0 Å². The van der Waals surface area contributed by atoms with Crippen LogP contribution in [-0.2, 0) is 4.74 Å². The lowest BCUT2D eigenvalue weighted by Crippen LogP contribution is -2.44. The van der Waals surface area contributed by atoms with Gasteiger partial charge in [-0.05, 0) is 12.8 Å². The molecule has 0 aromatic heterocycles. The van der Waals surface area contributed by atoms with Crippen molar-refractivity contribution < 1.29 is 4.74 Å². The Balaban J connectivity index is 2.13. The van der Waals surface area contributed by atoms with Crippen LogP contribution in [0, 0.1) is 0 Å². The molecule has 0 amide bonds. The Labute approximate surface area is 70.1 Å². The Morgan fingerprint density at radius 2 is 2.00 bits per heavy atom. The van der Waals surface area contributed by atoms with Gasteiger partial charge in [-0.15, -0.1) is 0 Å². The molecular formula is C9H18OSi. The molecule has 2 atom stereocenters. The van der Waals surface area contributed by atoms with E-state index in [0.717, 1.165) is 0 Å². The van der Waals surface area contributed by atoms with E-state index in [9.17, 15) is 0 Å². The van der Waals surface area contributed by atoms with Gasteiger partial charge >= 0.3 is 0 Å². The van der Waals surface area contributed by atoms with E-state index in [0.29, 0.717) is 11.3 Å². The summed E-state index contributed by atoms with van der Waals surface area (Å²) >= 11 is 0. The average Bonchev–Trinajstić information content (AvgIpc) is 2.59. The monoisotopic (exact) mass is 170 g/mol. The van der Waals surface area contributed by atoms with Gasteiger partial charge in [0.15, 0.2) is 0 Å². The first-order chi connectivity index (χ1) is 5.06. The lowest BCUT2D eigenvalue weighted by molar-refractivity contribution is 0.343. The third-order valence-corrected chi connectivity index (χ3v) is 6.58. The van der Waals surface area contributed by atoms with Crippen LogP contribution in [0.15, 0.2) is 0 Å². The van der Waals surface area contributed by atoms with Crippen molar-refractivity contribution in [2.24, 2.45) is 0 Å². The molecule has 0 unspecified atom stereocenters. The standard InChI is InChI=1S/C9H18OSi/c1-11(2,3)9-7-5-4-6-8(9)10-9/h8H,4-7H2,1-3H3/t8-,9-/m1/s1. The first-order valence-electron chi connectivity index (χ1n) is 4.74. The van der Waals surface area contributed by atoms with Crippen LogP contribution in [0.3, 0.4) is 0 Å². The Bertz CT molecular complexity index is 173. The van der Waals surface area contributed by atoms with Crippen LogP contribution in [0.2, 0.25) is 19.6 Å². The van der Waals surface area contributed by atoms with Gasteiger partial charge in [-0.3, -0.25) is 0 Å². The fourth-order valence-corrected chi connectivity index (χ4v) is 5.02. The SMILES string of the molecule is C[Si](C)(C)[C@]12CCCC[C@H]1O2. The van der Waals surface area contributed by atoms with Crippen LogP contribution < -0.4 is 0 Å². The van der Waals surface area contributed by atoms with Crippen molar-refractivity contribution in [3.63, 3.8) is 0 Å². The van der Waals surface area contributed by atoms with Gasteiger partial charge in [0.25, 0.3) is 0 Å². The molecule has 11 heavy (non-hydrogen) atoms. The molecule has 0 aromatic carbocycles. The molecule has 0 radical (unpaired) electrons. The number of rotatable bonds is 1. The highest BCUT2D eigenvalue weighted by atomic mass is 28.3. The van der Waals surface area contributed by atoms with Crippen molar-refractivity contribution in [1.29, 1.82) is 0 Å². The fourth-order valence-electron chi connectivity index (χ4n) is 2.48. The molecule has 2 aliphatic rings. The van der Waals surface area contributed by atoms with Crippen LogP contribution in [0.4, 0.5) is 0 Å². The summed E-state index contributed by atoms with van der Waals surface area (Å²) < 4.78 is 5.89. The first kappa shape index (κ1) is 7.81. The van der Waals surface area contributed by atoms with E-state index in [2.05, 4.69) is 19.6 Å². The summed E-state index contributed by atoms with van der Waals surface area (Å²) in [6.07, 6.45) is 6.16. The predicted molar refractivity (Wildman–Crippen MR) is 49.4 cm³/mol. The summed E-state index contributed by atoms with van der Waals surface area (Å²) in [4.78, 5) is 0. The molecule has 2 heteroatoms. The quantitative estimate of drug-likeness (QED) is 0.435.